The van der Waals surface area contributed by atoms with Crippen molar-refractivity contribution in [2.75, 3.05) is 0 Å². The normalized spacial score (nSPS) is 11.5. The van der Waals surface area contributed by atoms with Gasteiger partial charge in [0, 0.05) is 0 Å². The van der Waals surface area contributed by atoms with Crippen LogP contribution in [0.3, 0.4) is 0 Å². The van der Waals surface area contributed by atoms with Crippen LogP contribution in [-0.2, 0) is 0 Å². The van der Waals surface area contributed by atoms with Gasteiger partial charge in [0.25, 0.3) is 0 Å². The first kappa shape index (κ1) is 28.6. The van der Waals surface area contributed by atoms with Crippen molar-refractivity contribution in [3.63, 3.8) is 0 Å². The molecule has 0 amide bonds. The van der Waals surface area contributed by atoms with Crippen molar-refractivity contribution in [1.82, 2.24) is 0 Å². The van der Waals surface area contributed by atoms with E-state index < -0.39 is 26.5 Å². The van der Waals surface area contributed by atoms with Crippen LogP contribution in [0.1, 0.15) is 55.3 Å². The fourth-order valence-electron chi connectivity index (χ4n) is 5.40. The predicted molar refractivity (Wildman–Crippen MR) is 160 cm³/mol. The van der Waals surface area contributed by atoms with Crippen LogP contribution in [0, 0.1) is 0 Å². The van der Waals surface area contributed by atoms with Gasteiger partial charge in [-0.1, -0.05) is 0 Å². The molecular weight excluding hydrogens is 606 g/mol. The topological polar surface area (TPSA) is 68.3 Å². The molecule has 0 bridgehead atoms. The van der Waals surface area contributed by atoms with Gasteiger partial charge in [0.1, 0.15) is 0 Å². The third-order valence-corrected chi connectivity index (χ3v) is 38.2. The fraction of sp³-hybridized carbons (Fsp3) is 0.152. The minimum atomic E-state index is -4.37. The molecule has 0 aliphatic rings. The Labute approximate surface area is 235 Å². The Morgan fingerprint density at radius 2 is 0.615 bits per heavy atom. The summed E-state index contributed by atoms with van der Waals surface area (Å²) in [5.74, 6) is 0. The zero-order valence-electron chi connectivity index (χ0n) is 22.3. The van der Waals surface area contributed by atoms with E-state index in [1.54, 1.807) is 97.1 Å². The molecular formula is C33H32Ge2O4. The molecule has 0 heterocycles. The maximum atomic E-state index is 14.5. The van der Waals surface area contributed by atoms with Gasteiger partial charge in [-0.15, -0.1) is 0 Å². The van der Waals surface area contributed by atoms with Crippen molar-refractivity contribution in [3.05, 3.63) is 144 Å². The first-order chi connectivity index (χ1) is 18.9. The minimum absolute atomic E-state index is 0.135. The molecule has 0 unspecified atom stereocenters. The van der Waals surface area contributed by atoms with E-state index in [1.807, 2.05) is 38.1 Å². The molecule has 0 saturated carbocycles. The summed E-state index contributed by atoms with van der Waals surface area (Å²) in [5, 5.41) is 0.719. The van der Waals surface area contributed by atoms with Crippen LogP contribution >= 0.6 is 0 Å². The van der Waals surface area contributed by atoms with E-state index in [1.165, 1.54) is 0 Å². The average Bonchev–Trinajstić information content (AvgIpc) is 3.02. The zero-order chi connectivity index (χ0) is 27.9. The molecule has 0 aliphatic heterocycles. The second-order valence-electron chi connectivity index (χ2n) is 9.83. The van der Waals surface area contributed by atoms with Crippen molar-refractivity contribution < 1.29 is 19.2 Å². The van der Waals surface area contributed by atoms with Gasteiger partial charge in [-0.2, -0.15) is 0 Å². The molecule has 0 aromatic heterocycles. The summed E-state index contributed by atoms with van der Waals surface area (Å²) in [4.78, 5) is 58.0. The number of hydrogen-bond acceptors (Lipinski definition) is 4. The van der Waals surface area contributed by atoms with E-state index in [0.717, 1.165) is 0 Å². The molecule has 0 radical (unpaired) electrons. The van der Waals surface area contributed by atoms with Crippen LogP contribution in [0.15, 0.2) is 121 Å². The molecule has 6 heteroatoms. The molecule has 4 aromatic rings. The molecule has 4 aromatic carbocycles. The molecule has 0 atom stereocenters. The SMILES string of the molecule is C[CH2][Ge]([CH2][Ge]([CH2]C)([C](=O)c1ccccc1)[C](=O)c1ccccc1)([C](=O)c1ccccc1)[C](=O)c1ccccc1. The number of hydrogen-bond donors (Lipinski definition) is 0. The molecule has 39 heavy (non-hydrogen) atoms. The Hall–Kier alpha value is -3.35. The van der Waals surface area contributed by atoms with E-state index >= 15 is 0 Å². The average molecular weight is 638 g/mol. The van der Waals surface area contributed by atoms with Gasteiger partial charge in [0.05, 0.1) is 0 Å². The van der Waals surface area contributed by atoms with Gasteiger partial charge in [-0.25, -0.2) is 0 Å². The second-order valence-corrected chi connectivity index (χ2v) is 30.3. The van der Waals surface area contributed by atoms with Crippen LogP contribution in [0.4, 0.5) is 0 Å². The Bertz CT molecular complexity index is 1240. The van der Waals surface area contributed by atoms with Gasteiger partial charge in [0.2, 0.25) is 0 Å². The molecule has 0 aliphatic carbocycles. The number of carbonyl (C=O) groups is 4. The van der Waals surface area contributed by atoms with Crippen LogP contribution in [0.2, 0.25) is 14.6 Å². The molecule has 0 fully saturated rings. The summed E-state index contributed by atoms with van der Waals surface area (Å²) in [5.41, 5.74) is 1.93. The fourth-order valence-corrected chi connectivity index (χ4v) is 43.2. The van der Waals surface area contributed by atoms with Gasteiger partial charge < -0.3 is 0 Å². The summed E-state index contributed by atoms with van der Waals surface area (Å²) in [6.07, 6.45) is 0. The standard InChI is InChI=1S/C33H32Ge2O4/c1-3-34(30(36)26-17-9-5-10-18-26,31(37)27-19-11-6-12-20-27)25-35(4-2,32(38)28-21-13-7-14-22-28)33(39)29-23-15-8-16-24-29/h5-24H,3-4,25H2,1-2H3. The zero-order valence-corrected chi connectivity index (χ0v) is 26.5. The van der Waals surface area contributed by atoms with E-state index in [0.29, 0.717) is 32.8 Å². The first-order valence-electron chi connectivity index (χ1n) is 13.3. The van der Waals surface area contributed by atoms with Crippen LogP contribution in [0.5, 0.6) is 0 Å². The third-order valence-electron chi connectivity index (χ3n) is 7.69. The Morgan fingerprint density at radius 3 is 0.795 bits per heavy atom. The Kier molecular flexibility index (Phi) is 9.30. The van der Waals surface area contributed by atoms with Crippen molar-refractivity contribution in [2.24, 2.45) is 0 Å². The van der Waals surface area contributed by atoms with Crippen molar-refractivity contribution in [1.29, 1.82) is 0 Å². The van der Waals surface area contributed by atoms with Gasteiger partial charge in [-0.3, -0.25) is 0 Å². The number of benzene rings is 4. The molecule has 4 nitrogen and oxygen atoms in total. The van der Waals surface area contributed by atoms with E-state index in [4.69, 9.17) is 0 Å². The maximum absolute atomic E-state index is 14.5. The quantitative estimate of drug-likeness (QED) is 0.155. The van der Waals surface area contributed by atoms with Crippen molar-refractivity contribution in [3.8, 4) is 0 Å². The summed E-state index contributed by atoms with van der Waals surface area (Å²) in [7, 11) is 0. The monoisotopic (exact) mass is 640 g/mol. The predicted octanol–water partition coefficient (Wildman–Crippen LogP) is 7.15. The Morgan fingerprint density at radius 1 is 0.410 bits per heavy atom. The van der Waals surface area contributed by atoms with Gasteiger partial charge >= 0.3 is 236 Å². The van der Waals surface area contributed by atoms with Crippen molar-refractivity contribution >= 4 is 45.0 Å². The molecule has 0 N–H and O–H groups in total. The summed E-state index contributed by atoms with van der Waals surface area (Å²) in [6.45, 7) is 3.79. The van der Waals surface area contributed by atoms with Crippen molar-refractivity contribution in [2.45, 2.75) is 28.4 Å². The molecule has 0 saturated heterocycles. The molecule has 196 valence electrons. The first-order valence-corrected chi connectivity index (χ1v) is 23.4. The molecule has 0 spiro atoms. The summed E-state index contributed by atoms with van der Waals surface area (Å²) in [6, 6.07) is 35.6. The molecule has 4 rings (SSSR count). The number of rotatable bonds is 12. The van der Waals surface area contributed by atoms with Gasteiger partial charge in [0.15, 0.2) is 0 Å². The second kappa shape index (κ2) is 12.7. The Balaban J connectivity index is 1.97. The summed E-state index contributed by atoms with van der Waals surface area (Å²) < 4.78 is -0.487. The van der Waals surface area contributed by atoms with E-state index in [9.17, 15) is 19.2 Å². The van der Waals surface area contributed by atoms with E-state index in [-0.39, 0.29) is 22.5 Å². The summed E-state index contributed by atoms with van der Waals surface area (Å²) >= 11 is -8.74. The van der Waals surface area contributed by atoms with Crippen LogP contribution in [0.25, 0.3) is 0 Å². The third kappa shape index (κ3) is 5.68. The van der Waals surface area contributed by atoms with Crippen LogP contribution in [-0.4, -0.2) is 45.0 Å². The van der Waals surface area contributed by atoms with Gasteiger partial charge in [-0.05, 0) is 0 Å². The number of carbonyl (C=O) groups excluding carboxylic acids is 4. The van der Waals surface area contributed by atoms with E-state index in [2.05, 4.69) is 0 Å². The van der Waals surface area contributed by atoms with Crippen LogP contribution < -0.4 is 0 Å².